The van der Waals surface area contributed by atoms with Crippen LogP contribution in [0.25, 0.3) is 0 Å². The van der Waals surface area contributed by atoms with Gasteiger partial charge in [0.2, 0.25) is 0 Å². The molecule has 0 aromatic carbocycles. The fourth-order valence-corrected chi connectivity index (χ4v) is 2.48. The van der Waals surface area contributed by atoms with Crippen LogP contribution >= 0.6 is 0 Å². The first-order chi connectivity index (χ1) is 9.16. The van der Waals surface area contributed by atoms with Crippen LogP contribution in [0.3, 0.4) is 0 Å². The summed E-state index contributed by atoms with van der Waals surface area (Å²) in [6, 6.07) is 5.79. The van der Waals surface area contributed by atoms with Crippen LogP contribution in [0.5, 0.6) is 0 Å². The molecule has 1 saturated heterocycles. The Kier molecular flexibility index (Phi) is 5.11. The Morgan fingerprint density at radius 3 is 2.68 bits per heavy atom. The summed E-state index contributed by atoms with van der Waals surface area (Å²) in [6.45, 7) is 6.35. The predicted octanol–water partition coefficient (Wildman–Crippen LogP) is 2.06. The van der Waals surface area contributed by atoms with Gasteiger partial charge in [-0.3, -0.25) is 0 Å². The minimum absolute atomic E-state index is 0.822. The average Bonchev–Trinajstić information content (AvgIpc) is 2.46. The SMILES string of the molecule is CC(=NN=C([Se])N1CCC(C)CC1)c1ccccn1. The van der Waals surface area contributed by atoms with Crippen molar-refractivity contribution in [1.82, 2.24) is 9.88 Å². The summed E-state index contributed by atoms with van der Waals surface area (Å²) < 4.78 is 0.877. The molecule has 1 aromatic rings. The monoisotopic (exact) mass is 323 g/mol. The Morgan fingerprint density at radius 2 is 2.05 bits per heavy atom. The quantitative estimate of drug-likeness (QED) is 0.362. The molecule has 1 fully saturated rings. The fraction of sp³-hybridized carbons (Fsp3) is 0.500. The van der Waals surface area contributed by atoms with Gasteiger partial charge in [0, 0.05) is 0 Å². The van der Waals surface area contributed by atoms with Gasteiger partial charge in [-0.25, -0.2) is 0 Å². The van der Waals surface area contributed by atoms with Gasteiger partial charge < -0.3 is 0 Å². The first-order valence-corrected chi connectivity index (χ1v) is 7.48. The number of piperidine rings is 1. The van der Waals surface area contributed by atoms with Gasteiger partial charge in [0.15, 0.2) is 0 Å². The van der Waals surface area contributed by atoms with Crippen molar-refractivity contribution in [2.24, 2.45) is 16.1 Å². The number of hydrogen-bond donors (Lipinski definition) is 0. The summed E-state index contributed by atoms with van der Waals surface area (Å²) in [5.74, 6) is 0.822. The molecule has 0 spiro atoms. The van der Waals surface area contributed by atoms with E-state index in [0.717, 1.165) is 35.1 Å². The van der Waals surface area contributed by atoms with E-state index >= 15 is 0 Å². The molecule has 0 saturated carbocycles. The Balaban J connectivity index is 2.01. The van der Waals surface area contributed by atoms with Crippen molar-refractivity contribution < 1.29 is 0 Å². The van der Waals surface area contributed by atoms with E-state index < -0.39 is 0 Å². The third-order valence-corrected chi connectivity index (χ3v) is 4.09. The second-order valence-corrected chi connectivity index (χ2v) is 5.72. The number of hydrogen-bond acceptors (Lipinski definition) is 3. The van der Waals surface area contributed by atoms with E-state index in [1.807, 2.05) is 25.1 Å². The number of nitrogens with zero attached hydrogens (tertiary/aromatic N) is 4. The Bertz CT molecular complexity index is 462. The normalized spacial score (nSPS) is 18.7. The van der Waals surface area contributed by atoms with E-state index in [2.05, 4.69) is 43.0 Å². The molecule has 5 heteroatoms. The predicted molar refractivity (Wildman–Crippen MR) is 79.6 cm³/mol. The summed E-state index contributed by atoms with van der Waals surface area (Å²) in [5.41, 5.74) is 1.70. The molecule has 0 bridgehead atoms. The summed E-state index contributed by atoms with van der Waals surface area (Å²) in [5, 5.41) is 8.54. The molecule has 0 aliphatic carbocycles. The van der Waals surface area contributed by atoms with Crippen LogP contribution in [-0.2, 0) is 0 Å². The van der Waals surface area contributed by atoms with E-state index in [-0.39, 0.29) is 0 Å². The van der Waals surface area contributed by atoms with Gasteiger partial charge in [0.25, 0.3) is 0 Å². The maximum absolute atomic E-state index is 4.28. The number of amidine groups is 1. The zero-order chi connectivity index (χ0) is 13.7. The van der Waals surface area contributed by atoms with Crippen molar-refractivity contribution in [2.45, 2.75) is 26.7 Å². The molecular formula is C14H19N4Se. The van der Waals surface area contributed by atoms with Crippen LogP contribution in [0.15, 0.2) is 34.6 Å². The molecule has 1 aromatic heterocycles. The van der Waals surface area contributed by atoms with Crippen LogP contribution in [0, 0.1) is 5.92 Å². The molecule has 19 heavy (non-hydrogen) atoms. The van der Waals surface area contributed by atoms with E-state index in [0.29, 0.717) is 0 Å². The Hall–Kier alpha value is -1.19. The van der Waals surface area contributed by atoms with Crippen molar-refractivity contribution in [1.29, 1.82) is 0 Å². The average molecular weight is 322 g/mol. The van der Waals surface area contributed by atoms with Crippen LogP contribution in [0.4, 0.5) is 0 Å². The van der Waals surface area contributed by atoms with Crippen LogP contribution < -0.4 is 0 Å². The molecule has 1 aliphatic heterocycles. The second-order valence-electron chi connectivity index (χ2n) is 4.95. The first-order valence-electron chi connectivity index (χ1n) is 6.62. The number of rotatable bonds is 2. The zero-order valence-corrected chi connectivity index (χ0v) is 13.1. The van der Waals surface area contributed by atoms with Gasteiger partial charge in [-0.05, 0) is 0 Å². The van der Waals surface area contributed by atoms with Crippen LogP contribution in [0.2, 0.25) is 0 Å². The number of aromatic nitrogens is 1. The van der Waals surface area contributed by atoms with Gasteiger partial charge in [-0.1, -0.05) is 0 Å². The molecular weight excluding hydrogens is 303 g/mol. The molecule has 1 radical (unpaired) electrons. The van der Waals surface area contributed by atoms with Crippen molar-refractivity contribution in [3.05, 3.63) is 30.1 Å². The molecule has 2 heterocycles. The van der Waals surface area contributed by atoms with Crippen LogP contribution in [0.1, 0.15) is 32.4 Å². The second kappa shape index (κ2) is 6.83. The van der Waals surface area contributed by atoms with Crippen LogP contribution in [-0.4, -0.2) is 49.4 Å². The van der Waals surface area contributed by atoms with Gasteiger partial charge in [-0.15, -0.1) is 0 Å². The van der Waals surface area contributed by atoms with E-state index in [1.54, 1.807) is 6.20 Å². The van der Waals surface area contributed by atoms with Gasteiger partial charge in [0.1, 0.15) is 0 Å². The van der Waals surface area contributed by atoms with Gasteiger partial charge in [-0.2, -0.15) is 0 Å². The molecule has 0 N–H and O–H groups in total. The summed E-state index contributed by atoms with van der Waals surface area (Å²) in [6.07, 6.45) is 4.22. The van der Waals surface area contributed by atoms with E-state index in [4.69, 9.17) is 0 Å². The molecule has 0 amide bonds. The summed E-state index contributed by atoms with van der Waals surface area (Å²) in [4.78, 5) is 6.51. The number of likely N-dealkylation sites (tertiary alicyclic amines) is 1. The van der Waals surface area contributed by atoms with E-state index in [9.17, 15) is 0 Å². The minimum atomic E-state index is 0.822. The molecule has 4 nitrogen and oxygen atoms in total. The molecule has 2 rings (SSSR count). The topological polar surface area (TPSA) is 40.9 Å². The van der Waals surface area contributed by atoms with Gasteiger partial charge >= 0.3 is 122 Å². The van der Waals surface area contributed by atoms with Crippen molar-refractivity contribution >= 4 is 26.5 Å². The maximum atomic E-state index is 4.28. The third kappa shape index (κ3) is 4.15. The fourth-order valence-electron chi connectivity index (χ4n) is 2.01. The summed E-state index contributed by atoms with van der Waals surface area (Å²) >= 11 is 3.02. The van der Waals surface area contributed by atoms with E-state index in [1.165, 1.54) is 12.8 Å². The molecule has 1 aliphatic rings. The molecule has 0 atom stereocenters. The zero-order valence-electron chi connectivity index (χ0n) is 11.4. The standard InChI is InChI=1S/C14H19N4Se/c1-11-6-9-18(10-7-11)14(19)17-16-12(2)13-5-3-4-8-15-13/h3-5,8,11H,6-7,9-10H2,1-2H3. The summed E-state index contributed by atoms with van der Waals surface area (Å²) in [7, 11) is 0. The van der Waals surface area contributed by atoms with Crippen molar-refractivity contribution in [3.63, 3.8) is 0 Å². The van der Waals surface area contributed by atoms with Gasteiger partial charge in [0.05, 0.1) is 0 Å². The molecule has 0 unspecified atom stereocenters. The van der Waals surface area contributed by atoms with Crippen molar-refractivity contribution in [2.75, 3.05) is 13.1 Å². The number of pyridine rings is 1. The first kappa shape index (κ1) is 14.2. The Labute approximate surface area is 122 Å². The third-order valence-electron chi connectivity index (χ3n) is 3.38. The van der Waals surface area contributed by atoms with Crippen molar-refractivity contribution in [3.8, 4) is 0 Å². The Morgan fingerprint density at radius 1 is 1.32 bits per heavy atom. The molecule has 101 valence electrons.